The third kappa shape index (κ3) is 3.92. The second-order valence-electron chi connectivity index (χ2n) is 4.49. The molecular formula is C15H18BrN3O2. The maximum atomic E-state index is 5.28. The van der Waals surface area contributed by atoms with Gasteiger partial charge < -0.3 is 14.8 Å². The van der Waals surface area contributed by atoms with Gasteiger partial charge in [0.25, 0.3) is 0 Å². The fourth-order valence-electron chi connectivity index (χ4n) is 2.06. The van der Waals surface area contributed by atoms with E-state index >= 15 is 0 Å². The van der Waals surface area contributed by atoms with Crippen molar-refractivity contribution in [3.8, 4) is 11.6 Å². The Morgan fingerprint density at radius 2 is 2.00 bits per heavy atom. The second-order valence-corrected chi connectivity index (χ2v) is 5.34. The lowest BCUT2D eigenvalue weighted by molar-refractivity contribution is 0.394. The largest absolute Gasteiger partial charge is 0.497 e. The van der Waals surface area contributed by atoms with Crippen LogP contribution in [0.4, 0.5) is 0 Å². The van der Waals surface area contributed by atoms with Crippen LogP contribution in [0.1, 0.15) is 17.3 Å². The Balaban J connectivity index is 2.26. The quantitative estimate of drug-likeness (QED) is 0.867. The molecule has 0 saturated carbocycles. The number of rotatable bonds is 6. The van der Waals surface area contributed by atoms with Gasteiger partial charge in [0.05, 0.1) is 26.0 Å². The first kappa shape index (κ1) is 15.7. The van der Waals surface area contributed by atoms with Crippen molar-refractivity contribution in [1.29, 1.82) is 0 Å². The highest BCUT2D eigenvalue weighted by Gasteiger charge is 2.15. The van der Waals surface area contributed by atoms with Gasteiger partial charge in [-0.05, 0) is 37.2 Å². The maximum absolute atomic E-state index is 5.28. The highest BCUT2D eigenvalue weighted by molar-refractivity contribution is 9.10. The number of likely N-dealkylation sites (N-methyl/N-ethyl adjacent to an activating group) is 1. The van der Waals surface area contributed by atoms with Crippen molar-refractivity contribution < 1.29 is 9.47 Å². The summed E-state index contributed by atoms with van der Waals surface area (Å²) in [5.41, 5.74) is 2.03. The number of ether oxygens (including phenoxy) is 2. The van der Waals surface area contributed by atoms with Crippen LogP contribution in [0.25, 0.3) is 0 Å². The van der Waals surface area contributed by atoms with Crippen molar-refractivity contribution in [3.05, 3.63) is 46.3 Å². The van der Waals surface area contributed by atoms with E-state index in [1.807, 2.05) is 31.3 Å². The van der Waals surface area contributed by atoms with Crippen LogP contribution in [0.5, 0.6) is 11.6 Å². The van der Waals surface area contributed by atoms with E-state index in [9.17, 15) is 0 Å². The predicted octanol–water partition coefficient (Wildman–Crippen LogP) is 2.76. The average Bonchev–Trinajstić information content (AvgIpc) is 2.54. The minimum absolute atomic E-state index is 0.0605. The molecule has 112 valence electrons. The first-order valence-corrected chi connectivity index (χ1v) is 7.32. The highest BCUT2D eigenvalue weighted by Crippen LogP contribution is 2.27. The van der Waals surface area contributed by atoms with E-state index in [1.54, 1.807) is 14.2 Å². The Kier molecular flexibility index (Phi) is 5.52. The molecular weight excluding hydrogens is 334 g/mol. The zero-order chi connectivity index (χ0) is 15.2. The fraction of sp³-hybridized carbons (Fsp3) is 0.333. The summed E-state index contributed by atoms with van der Waals surface area (Å²) in [6.07, 6.45) is 2.29. The number of hydrogen-bond donors (Lipinski definition) is 1. The van der Waals surface area contributed by atoms with Gasteiger partial charge >= 0.3 is 0 Å². The van der Waals surface area contributed by atoms with Crippen LogP contribution in [-0.4, -0.2) is 31.2 Å². The van der Waals surface area contributed by atoms with Crippen molar-refractivity contribution in [2.45, 2.75) is 12.5 Å². The Labute approximate surface area is 132 Å². The third-order valence-electron chi connectivity index (χ3n) is 3.25. The summed E-state index contributed by atoms with van der Waals surface area (Å²) in [5, 5.41) is 3.28. The molecule has 1 unspecified atom stereocenters. The lowest BCUT2D eigenvalue weighted by Crippen LogP contribution is -2.20. The molecule has 1 aromatic heterocycles. The van der Waals surface area contributed by atoms with E-state index < -0.39 is 0 Å². The van der Waals surface area contributed by atoms with Crippen LogP contribution in [0, 0.1) is 0 Å². The first-order chi connectivity index (χ1) is 10.2. The number of hydrogen-bond acceptors (Lipinski definition) is 5. The summed E-state index contributed by atoms with van der Waals surface area (Å²) in [4.78, 5) is 8.36. The topological polar surface area (TPSA) is 56.3 Å². The molecule has 21 heavy (non-hydrogen) atoms. The van der Waals surface area contributed by atoms with Crippen LogP contribution >= 0.6 is 15.9 Å². The molecule has 0 fully saturated rings. The number of aromatic nitrogens is 2. The maximum Gasteiger partial charge on any atom is 0.216 e. The number of halogens is 1. The molecule has 1 heterocycles. The molecule has 0 aliphatic rings. The Morgan fingerprint density at radius 3 is 2.67 bits per heavy atom. The molecule has 1 atom stereocenters. The van der Waals surface area contributed by atoms with Gasteiger partial charge in [-0.2, -0.15) is 0 Å². The standard InChI is InChI=1S/C15H18BrN3O2/c1-17-13(14-8-15(21-3)19-9-18-14)7-10-6-11(20-2)4-5-12(10)16/h4-6,8-9,13,17H,7H2,1-3H3. The van der Waals surface area contributed by atoms with E-state index in [2.05, 4.69) is 31.2 Å². The van der Waals surface area contributed by atoms with Gasteiger partial charge in [0.2, 0.25) is 5.88 Å². The minimum Gasteiger partial charge on any atom is -0.497 e. The van der Waals surface area contributed by atoms with E-state index in [4.69, 9.17) is 9.47 Å². The highest BCUT2D eigenvalue weighted by atomic mass is 79.9. The predicted molar refractivity (Wildman–Crippen MR) is 84.8 cm³/mol. The van der Waals surface area contributed by atoms with Crippen molar-refractivity contribution in [3.63, 3.8) is 0 Å². The molecule has 1 N–H and O–H groups in total. The van der Waals surface area contributed by atoms with Crippen LogP contribution in [-0.2, 0) is 6.42 Å². The van der Waals surface area contributed by atoms with Gasteiger partial charge in [-0.1, -0.05) is 15.9 Å². The molecule has 0 radical (unpaired) electrons. The lowest BCUT2D eigenvalue weighted by atomic mass is 10.0. The molecule has 0 amide bonds. The zero-order valence-corrected chi connectivity index (χ0v) is 13.8. The summed E-state index contributed by atoms with van der Waals surface area (Å²) in [5.74, 6) is 1.40. The lowest BCUT2D eigenvalue weighted by Gasteiger charge is -2.17. The Hall–Kier alpha value is -1.66. The summed E-state index contributed by atoms with van der Waals surface area (Å²) in [7, 11) is 5.17. The van der Waals surface area contributed by atoms with Crippen molar-refractivity contribution in [2.75, 3.05) is 21.3 Å². The summed E-state index contributed by atoms with van der Waals surface area (Å²) >= 11 is 3.58. The van der Waals surface area contributed by atoms with Gasteiger partial charge in [0.15, 0.2) is 0 Å². The molecule has 5 nitrogen and oxygen atoms in total. The van der Waals surface area contributed by atoms with E-state index in [1.165, 1.54) is 6.33 Å². The van der Waals surface area contributed by atoms with Gasteiger partial charge in [-0.25, -0.2) is 9.97 Å². The minimum atomic E-state index is 0.0605. The summed E-state index contributed by atoms with van der Waals surface area (Å²) in [6.45, 7) is 0. The van der Waals surface area contributed by atoms with Crippen LogP contribution in [0.3, 0.4) is 0 Å². The van der Waals surface area contributed by atoms with Crippen molar-refractivity contribution in [1.82, 2.24) is 15.3 Å². The zero-order valence-electron chi connectivity index (χ0n) is 12.3. The van der Waals surface area contributed by atoms with Crippen LogP contribution in [0.2, 0.25) is 0 Å². The Morgan fingerprint density at radius 1 is 1.19 bits per heavy atom. The molecule has 0 saturated heterocycles. The van der Waals surface area contributed by atoms with Gasteiger partial charge in [-0.3, -0.25) is 0 Å². The van der Waals surface area contributed by atoms with Gasteiger partial charge in [0.1, 0.15) is 12.1 Å². The molecule has 2 aromatic rings. The summed E-state index contributed by atoms with van der Waals surface area (Å²) < 4.78 is 11.5. The molecule has 1 aromatic carbocycles. The number of methoxy groups -OCH3 is 2. The SMILES string of the molecule is CNC(Cc1cc(OC)ccc1Br)c1cc(OC)ncn1. The van der Waals surface area contributed by atoms with Crippen LogP contribution in [0.15, 0.2) is 35.1 Å². The normalized spacial score (nSPS) is 12.0. The van der Waals surface area contributed by atoms with E-state index in [0.29, 0.717) is 5.88 Å². The van der Waals surface area contributed by atoms with Gasteiger partial charge in [-0.15, -0.1) is 0 Å². The molecule has 0 aliphatic carbocycles. The molecule has 6 heteroatoms. The number of nitrogens with one attached hydrogen (secondary N) is 1. The molecule has 0 bridgehead atoms. The van der Waals surface area contributed by atoms with E-state index in [0.717, 1.165) is 27.9 Å². The van der Waals surface area contributed by atoms with Gasteiger partial charge in [0, 0.05) is 10.5 Å². The third-order valence-corrected chi connectivity index (χ3v) is 4.03. The second kappa shape index (κ2) is 7.38. The fourth-order valence-corrected chi connectivity index (χ4v) is 2.47. The van der Waals surface area contributed by atoms with Crippen LogP contribution < -0.4 is 14.8 Å². The van der Waals surface area contributed by atoms with Crippen molar-refractivity contribution >= 4 is 15.9 Å². The smallest absolute Gasteiger partial charge is 0.216 e. The monoisotopic (exact) mass is 351 g/mol. The average molecular weight is 352 g/mol. The first-order valence-electron chi connectivity index (χ1n) is 6.53. The molecule has 0 spiro atoms. The van der Waals surface area contributed by atoms with Crippen molar-refractivity contribution in [2.24, 2.45) is 0 Å². The van der Waals surface area contributed by atoms with E-state index in [-0.39, 0.29) is 6.04 Å². The number of benzene rings is 1. The molecule has 2 rings (SSSR count). The molecule has 0 aliphatic heterocycles. The summed E-state index contributed by atoms with van der Waals surface area (Å²) in [6, 6.07) is 7.84. The Bertz CT molecular complexity index is 607. The number of nitrogens with zero attached hydrogens (tertiary/aromatic N) is 2.